The molecule has 1 saturated carbocycles. The topological polar surface area (TPSA) is 81.8 Å². The lowest BCUT2D eigenvalue weighted by atomic mass is 9.76. The van der Waals surface area contributed by atoms with E-state index in [2.05, 4.69) is 29.4 Å². The van der Waals surface area contributed by atoms with Crippen molar-refractivity contribution in [2.45, 2.75) is 76.9 Å². The Hall–Kier alpha value is -2.41. The predicted molar refractivity (Wildman–Crippen MR) is 128 cm³/mol. The quantitative estimate of drug-likeness (QED) is 0.664. The van der Waals surface area contributed by atoms with Gasteiger partial charge in [-0.15, -0.1) is 0 Å². The molecule has 2 N–H and O–H groups in total. The molecular formula is C26H38N4O3. The standard InChI is InChI=1S/C26H38N4O3/c1-18-7-6-8-19(2)29(18)16-14-27-24(31)21-11-12-22-23(17-21)28-26(33)30(25(22)32)15-13-20-9-4-3-5-10-20/h3-5,9-10,18-19,21-23H,6-8,11-17H2,1-2H3,(H,27,31)(H,28,33). The van der Waals surface area contributed by atoms with Gasteiger partial charge in [0.1, 0.15) is 0 Å². The molecule has 4 amide bonds. The van der Waals surface area contributed by atoms with Crippen molar-refractivity contribution in [2.24, 2.45) is 11.8 Å². The van der Waals surface area contributed by atoms with Crippen molar-refractivity contribution in [3.63, 3.8) is 0 Å². The fraction of sp³-hybridized carbons (Fsp3) is 0.654. The van der Waals surface area contributed by atoms with Gasteiger partial charge in [-0.1, -0.05) is 36.8 Å². The van der Waals surface area contributed by atoms with Crippen LogP contribution < -0.4 is 10.6 Å². The summed E-state index contributed by atoms with van der Waals surface area (Å²) in [7, 11) is 0. The smallest absolute Gasteiger partial charge is 0.324 e. The number of carbonyl (C=O) groups excluding carboxylic acids is 3. The van der Waals surface area contributed by atoms with Crippen molar-refractivity contribution in [1.29, 1.82) is 0 Å². The van der Waals surface area contributed by atoms with Crippen molar-refractivity contribution in [1.82, 2.24) is 20.4 Å². The van der Waals surface area contributed by atoms with Gasteiger partial charge in [-0.25, -0.2) is 4.79 Å². The van der Waals surface area contributed by atoms with E-state index in [1.165, 1.54) is 24.2 Å². The van der Waals surface area contributed by atoms with E-state index in [-0.39, 0.29) is 35.7 Å². The van der Waals surface area contributed by atoms with Crippen LogP contribution in [0.1, 0.15) is 57.9 Å². The Morgan fingerprint density at radius 2 is 1.76 bits per heavy atom. The van der Waals surface area contributed by atoms with E-state index in [0.717, 1.165) is 12.1 Å². The lowest BCUT2D eigenvalue weighted by Gasteiger charge is -2.42. The fourth-order valence-corrected chi connectivity index (χ4v) is 5.87. The van der Waals surface area contributed by atoms with Gasteiger partial charge in [0.2, 0.25) is 11.8 Å². The Morgan fingerprint density at radius 3 is 2.48 bits per heavy atom. The maximum absolute atomic E-state index is 13.0. The first kappa shape index (κ1) is 23.7. The van der Waals surface area contributed by atoms with Crippen molar-refractivity contribution in [3.8, 4) is 0 Å². The van der Waals surface area contributed by atoms with Gasteiger partial charge in [0.05, 0.1) is 5.92 Å². The highest BCUT2D eigenvalue weighted by Gasteiger charge is 2.45. The number of fused-ring (bicyclic) bond motifs is 1. The Labute approximate surface area is 197 Å². The van der Waals surface area contributed by atoms with E-state index in [9.17, 15) is 14.4 Å². The Kier molecular flexibility index (Phi) is 7.68. The first-order valence-electron chi connectivity index (χ1n) is 12.6. The number of imide groups is 1. The van der Waals surface area contributed by atoms with Crippen LogP contribution in [-0.4, -0.2) is 65.4 Å². The lowest BCUT2D eigenvalue weighted by molar-refractivity contribution is -0.139. The monoisotopic (exact) mass is 454 g/mol. The second-order valence-electron chi connectivity index (χ2n) is 10.1. The third kappa shape index (κ3) is 5.57. The molecule has 4 rings (SSSR count). The number of hydrogen-bond donors (Lipinski definition) is 2. The fourth-order valence-electron chi connectivity index (χ4n) is 5.87. The van der Waals surface area contributed by atoms with Crippen molar-refractivity contribution >= 4 is 17.8 Å². The first-order chi connectivity index (χ1) is 15.9. The highest BCUT2D eigenvalue weighted by molar-refractivity contribution is 5.99. The zero-order valence-electron chi connectivity index (χ0n) is 20.0. The van der Waals surface area contributed by atoms with Gasteiger partial charge < -0.3 is 10.6 Å². The number of likely N-dealkylation sites (tertiary alicyclic amines) is 1. The molecule has 2 aliphatic heterocycles. The minimum atomic E-state index is -0.327. The zero-order valence-corrected chi connectivity index (χ0v) is 20.0. The summed E-state index contributed by atoms with van der Waals surface area (Å²) in [6, 6.07) is 10.4. The van der Waals surface area contributed by atoms with Crippen LogP contribution in [0.3, 0.4) is 0 Å². The van der Waals surface area contributed by atoms with Crippen LogP contribution in [0.2, 0.25) is 0 Å². The maximum atomic E-state index is 13.0. The first-order valence-corrected chi connectivity index (χ1v) is 12.6. The van der Waals surface area contributed by atoms with Gasteiger partial charge in [-0.2, -0.15) is 0 Å². The molecule has 5 unspecified atom stereocenters. The molecule has 5 atom stereocenters. The summed E-state index contributed by atoms with van der Waals surface area (Å²) in [6.45, 7) is 6.44. The molecule has 0 radical (unpaired) electrons. The number of nitrogens with zero attached hydrogens (tertiary/aromatic N) is 2. The van der Waals surface area contributed by atoms with Crippen molar-refractivity contribution in [2.75, 3.05) is 19.6 Å². The largest absolute Gasteiger partial charge is 0.355 e. The molecule has 2 heterocycles. The Bertz CT molecular complexity index is 835. The highest BCUT2D eigenvalue weighted by atomic mass is 16.2. The van der Waals surface area contributed by atoms with Crippen molar-refractivity contribution < 1.29 is 14.4 Å². The summed E-state index contributed by atoms with van der Waals surface area (Å²) >= 11 is 0. The Morgan fingerprint density at radius 1 is 1.03 bits per heavy atom. The minimum Gasteiger partial charge on any atom is -0.355 e. The summed E-state index contributed by atoms with van der Waals surface area (Å²) in [5.74, 6) is -0.408. The zero-order chi connectivity index (χ0) is 23.4. The van der Waals surface area contributed by atoms with Gasteiger partial charge in [0, 0.05) is 43.7 Å². The normalized spacial score (nSPS) is 30.5. The minimum absolute atomic E-state index is 0.0546. The summed E-state index contributed by atoms with van der Waals surface area (Å²) < 4.78 is 0. The third-order valence-corrected chi connectivity index (χ3v) is 7.87. The van der Waals surface area contributed by atoms with E-state index in [0.29, 0.717) is 50.9 Å². The number of rotatable bonds is 7. The van der Waals surface area contributed by atoms with E-state index in [4.69, 9.17) is 0 Å². The average Bonchev–Trinajstić information content (AvgIpc) is 2.81. The molecular weight excluding hydrogens is 416 g/mol. The maximum Gasteiger partial charge on any atom is 0.324 e. The molecule has 0 spiro atoms. The summed E-state index contributed by atoms with van der Waals surface area (Å²) in [6.07, 6.45) is 6.25. The van der Waals surface area contributed by atoms with Crippen molar-refractivity contribution in [3.05, 3.63) is 35.9 Å². The number of carbonyl (C=O) groups is 3. The summed E-state index contributed by atoms with van der Waals surface area (Å²) in [5, 5.41) is 6.13. The SMILES string of the molecule is CC1CCCC(C)N1CCNC(=O)C1CCC2C(=O)N(CCc3ccccc3)C(=O)NC2C1. The van der Waals surface area contributed by atoms with Crippen LogP contribution in [0.15, 0.2) is 30.3 Å². The molecule has 3 aliphatic rings. The number of piperidine rings is 1. The molecule has 7 heteroatoms. The van der Waals surface area contributed by atoms with E-state index in [1.807, 2.05) is 30.3 Å². The van der Waals surface area contributed by atoms with E-state index < -0.39 is 0 Å². The molecule has 1 aromatic carbocycles. The molecule has 7 nitrogen and oxygen atoms in total. The van der Waals surface area contributed by atoms with Crippen LogP contribution in [0, 0.1) is 11.8 Å². The molecule has 0 aromatic heterocycles. The van der Waals surface area contributed by atoms with Crippen LogP contribution in [0.5, 0.6) is 0 Å². The molecule has 1 aromatic rings. The van der Waals surface area contributed by atoms with Crippen LogP contribution in [-0.2, 0) is 16.0 Å². The highest BCUT2D eigenvalue weighted by Crippen LogP contribution is 2.33. The molecule has 33 heavy (non-hydrogen) atoms. The number of benzene rings is 1. The van der Waals surface area contributed by atoms with Crippen LogP contribution >= 0.6 is 0 Å². The lowest BCUT2D eigenvalue weighted by Crippen LogP contribution is -2.62. The second-order valence-corrected chi connectivity index (χ2v) is 10.1. The third-order valence-electron chi connectivity index (χ3n) is 7.87. The average molecular weight is 455 g/mol. The van der Waals surface area contributed by atoms with Gasteiger partial charge in [-0.3, -0.25) is 19.4 Å². The van der Waals surface area contributed by atoms with Gasteiger partial charge in [0.25, 0.3) is 0 Å². The number of urea groups is 1. The van der Waals surface area contributed by atoms with E-state index in [1.54, 1.807) is 0 Å². The van der Waals surface area contributed by atoms with Gasteiger partial charge in [0.15, 0.2) is 0 Å². The molecule has 3 fully saturated rings. The molecule has 180 valence electrons. The van der Waals surface area contributed by atoms with Gasteiger partial charge >= 0.3 is 6.03 Å². The predicted octanol–water partition coefficient (Wildman–Crippen LogP) is 2.94. The summed E-state index contributed by atoms with van der Waals surface area (Å²) in [4.78, 5) is 42.4. The van der Waals surface area contributed by atoms with Gasteiger partial charge in [-0.05, 0) is 57.9 Å². The second kappa shape index (κ2) is 10.7. The summed E-state index contributed by atoms with van der Waals surface area (Å²) in [5.41, 5.74) is 1.11. The van der Waals surface area contributed by atoms with Crippen LogP contribution in [0.25, 0.3) is 0 Å². The number of nitrogens with one attached hydrogen (secondary N) is 2. The Balaban J connectivity index is 1.25. The molecule has 0 bridgehead atoms. The number of amides is 4. The van der Waals surface area contributed by atoms with Crippen LogP contribution in [0.4, 0.5) is 4.79 Å². The molecule has 1 aliphatic carbocycles. The van der Waals surface area contributed by atoms with E-state index >= 15 is 0 Å². The number of hydrogen-bond acceptors (Lipinski definition) is 4. The molecule has 2 saturated heterocycles.